The Kier molecular flexibility index (Phi) is 2.48. The molecule has 2 aromatic carbocycles. The van der Waals surface area contributed by atoms with Crippen molar-refractivity contribution in [3.8, 4) is 0 Å². The van der Waals surface area contributed by atoms with Gasteiger partial charge < -0.3 is 0 Å². The first-order chi connectivity index (χ1) is 8.67. The highest BCUT2D eigenvalue weighted by molar-refractivity contribution is 7.94. The molecule has 0 saturated carbocycles. The molecule has 4 nitrogen and oxygen atoms in total. The van der Waals surface area contributed by atoms with E-state index in [1.165, 1.54) is 4.31 Å². The molecule has 5 heteroatoms. The van der Waals surface area contributed by atoms with Crippen LogP contribution in [0.1, 0.15) is 5.56 Å². The molecule has 18 heavy (non-hydrogen) atoms. The van der Waals surface area contributed by atoms with E-state index in [9.17, 15) is 8.42 Å². The summed E-state index contributed by atoms with van der Waals surface area (Å²) in [6, 6.07) is 16.7. The van der Waals surface area contributed by atoms with Gasteiger partial charge in [0, 0.05) is 0 Å². The molecule has 0 fully saturated rings. The lowest BCUT2D eigenvalue weighted by Gasteiger charge is -2.16. The Hall–Kier alpha value is -2.01. The quantitative estimate of drug-likeness (QED) is 0.901. The minimum atomic E-state index is -3.46. The SMILES string of the molecule is O=S1(=O)Nc2ccccc2N1Cc1ccccc1. The summed E-state index contributed by atoms with van der Waals surface area (Å²) < 4.78 is 28.0. The first-order valence-corrected chi connectivity index (χ1v) is 7.04. The highest BCUT2D eigenvalue weighted by Crippen LogP contribution is 2.36. The molecule has 0 saturated heterocycles. The third-order valence-corrected chi connectivity index (χ3v) is 4.25. The van der Waals surface area contributed by atoms with Crippen molar-refractivity contribution in [1.29, 1.82) is 0 Å². The van der Waals surface area contributed by atoms with E-state index in [-0.39, 0.29) is 0 Å². The van der Waals surface area contributed by atoms with Crippen molar-refractivity contribution in [2.45, 2.75) is 6.54 Å². The molecule has 0 aromatic heterocycles. The maximum absolute atomic E-state index is 12.0. The van der Waals surface area contributed by atoms with Crippen LogP contribution in [0.4, 0.5) is 11.4 Å². The smallest absolute Gasteiger partial charge is 0.264 e. The van der Waals surface area contributed by atoms with Crippen molar-refractivity contribution in [1.82, 2.24) is 0 Å². The van der Waals surface area contributed by atoms with Gasteiger partial charge in [-0.05, 0) is 17.7 Å². The van der Waals surface area contributed by atoms with Gasteiger partial charge in [0.15, 0.2) is 0 Å². The summed E-state index contributed by atoms with van der Waals surface area (Å²) in [5.74, 6) is 0. The fraction of sp³-hybridized carbons (Fsp3) is 0.0769. The highest BCUT2D eigenvalue weighted by atomic mass is 32.2. The molecule has 1 heterocycles. The Morgan fingerprint density at radius 3 is 2.39 bits per heavy atom. The number of anilines is 2. The van der Waals surface area contributed by atoms with Crippen LogP contribution in [0.15, 0.2) is 54.6 Å². The molecule has 0 bridgehead atoms. The molecule has 1 aliphatic heterocycles. The Bertz CT molecular complexity index is 668. The van der Waals surface area contributed by atoms with Crippen molar-refractivity contribution in [3.05, 3.63) is 60.2 Å². The second-order valence-corrected chi connectivity index (χ2v) is 5.71. The topological polar surface area (TPSA) is 49.4 Å². The van der Waals surface area contributed by atoms with Gasteiger partial charge in [-0.3, -0.25) is 4.72 Å². The summed E-state index contributed by atoms with van der Waals surface area (Å²) in [5.41, 5.74) is 2.29. The molecule has 3 rings (SSSR count). The van der Waals surface area contributed by atoms with E-state index in [0.29, 0.717) is 17.9 Å². The minimum absolute atomic E-state index is 0.340. The van der Waals surface area contributed by atoms with Crippen LogP contribution in [0, 0.1) is 0 Å². The third-order valence-electron chi connectivity index (χ3n) is 2.87. The largest absolute Gasteiger partial charge is 0.324 e. The van der Waals surface area contributed by atoms with E-state index in [1.807, 2.05) is 42.5 Å². The maximum Gasteiger partial charge on any atom is 0.324 e. The second kappa shape index (κ2) is 4.03. The van der Waals surface area contributed by atoms with Crippen molar-refractivity contribution in [2.24, 2.45) is 0 Å². The van der Waals surface area contributed by atoms with Gasteiger partial charge in [0.05, 0.1) is 17.9 Å². The highest BCUT2D eigenvalue weighted by Gasteiger charge is 2.31. The normalized spacial score (nSPS) is 16.1. The zero-order chi connectivity index (χ0) is 12.6. The number of hydrogen-bond acceptors (Lipinski definition) is 2. The van der Waals surface area contributed by atoms with Crippen LogP contribution in [0.2, 0.25) is 0 Å². The predicted molar refractivity (Wildman–Crippen MR) is 71.6 cm³/mol. The summed E-state index contributed by atoms with van der Waals surface area (Å²) in [6.07, 6.45) is 0. The number of benzene rings is 2. The number of fused-ring (bicyclic) bond motifs is 1. The van der Waals surface area contributed by atoms with Crippen molar-refractivity contribution in [3.63, 3.8) is 0 Å². The number of nitrogens with one attached hydrogen (secondary N) is 1. The zero-order valence-corrected chi connectivity index (χ0v) is 10.4. The Morgan fingerprint density at radius 2 is 1.61 bits per heavy atom. The number of hydrogen-bond donors (Lipinski definition) is 1. The summed E-state index contributed by atoms with van der Waals surface area (Å²) in [4.78, 5) is 0. The molecule has 0 radical (unpaired) electrons. The molecule has 0 spiro atoms. The Balaban J connectivity index is 2.01. The monoisotopic (exact) mass is 260 g/mol. The van der Waals surface area contributed by atoms with Gasteiger partial charge in [0.2, 0.25) is 0 Å². The molecule has 2 aromatic rings. The lowest BCUT2D eigenvalue weighted by atomic mass is 10.2. The van der Waals surface area contributed by atoms with E-state index in [1.54, 1.807) is 12.1 Å². The van der Waals surface area contributed by atoms with E-state index in [2.05, 4.69) is 4.72 Å². The average molecular weight is 260 g/mol. The van der Waals surface area contributed by atoms with Crippen LogP contribution in [-0.2, 0) is 16.8 Å². The second-order valence-electron chi connectivity index (χ2n) is 4.12. The lowest BCUT2D eigenvalue weighted by Crippen LogP contribution is -2.29. The van der Waals surface area contributed by atoms with Gasteiger partial charge in [0.1, 0.15) is 0 Å². The van der Waals surface area contributed by atoms with Crippen LogP contribution >= 0.6 is 0 Å². The van der Waals surface area contributed by atoms with Crippen molar-refractivity contribution < 1.29 is 8.42 Å². The zero-order valence-electron chi connectivity index (χ0n) is 9.58. The van der Waals surface area contributed by atoms with Gasteiger partial charge in [-0.2, -0.15) is 8.42 Å². The van der Waals surface area contributed by atoms with Crippen molar-refractivity contribution >= 4 is 21.6 Å². The fourth-order valence-electron chi connectivity index (χ4n) is 2.02. The molecule has 0 atom stereocenters. The molecule has 0 aliphatic carbocycles. The number of nitrogens with zero attached hydrogens (tertiary/aromatic N) is 1. The Morgan fingerprint density at radius 1 is 0.944 bits per heavy atom. The van der Waals surface area contributed by atoms with E-state index < -0.39 is 10.2 Å². The van der Waals surface area contributed by atoms with E-state index in [4.69, 9.17) is 0 Å². The predicted octanol–water partition coefficient (Wildman–Crippen LogP) is 2.36. The van der Waals surface area contributed by atoms with Crippen LogP contribution in [0.5, 0.6) is 0 Å². The summed E-state index contributed by atoms with van der Waals surface area (Å²) in [5, 5.41) is 0. The molecule has 0 unspecified atom stereocenters. The third kappa shape index (κ3) is 1.82. The van der Waals surface area contributed by atoms with Gasteiger partial charge in [-0.1, -0.05) is 42.5 Å². The summed E-state index contributed by atoms with van der Waals surface area (Å²) in [7, 11) is -3.46. The molecular weight excluding hydrogens is 248 g/mol. The fourth-order valence-corrected chi connectivity index (χ4v) is 3.32. The van der Waals surface area contributed by atoms with Crippen LogP contribution in [0.25, 0.3) is 0 Å². The van der Waals surface area contributed by atoms with E-state index >= 15 is 0 Å². The van der Waals surface area contributed by atoms with Crippen LogP contribution in [-0.4, -0.2) is 8.42 Å². The van der Waals surface area contributed by atoms with Gasteiger partial charge in [-0.15, -0.1) is 0 Å². The minimum Gasteiger partial charge on any atom is -0.264 e. The molecule has 1 aliphatic rings. The molecule has 0 amide bonds. The maximum atomic E-state index is 12.0. The number of rotatable bonds is 2. The van der Waals surface area contributed by atoms with Crippen molar-refractivity contribution in [2.75, 3.05) is 9.03 Å². The number of para-hydroxylation sites is 2. The summed E-state index contributed by atoms with van der Waals surface area (Å²) in [6.45, 7) is 0.340. The van der Waals surface area contributed by atoms with E-state index in [0.717, 1.165) is 5.56 Å². The van der Waals surface area contributed by atoms with Crippen LogP contribution < -0.4 is 9.03 Å². The Labute approximate surface area is 106 Å². The lowest BCUT2D eigenvalue weighted by molar-refractivity contribution is 0.598. The van der Waals surface area contributed by atoms with Crippen LogP contribution in [0.3, 0.4) is 0 Å². The first kappa shape index (κ1) is 11.1. The van der Waals surface area contributed by atoms with Gasteiger partial charge in [0.25, 0.3) is 0 Å². The molecular formula is C13H12N2O2S. The van der Waals surface area contributed by atoms with Gasteiger partial charge >= 0.3 is 10.2 Å². The molecule has 1 N–H and O–H groups in total. The average Bonchev–Trinajstić information content (AvgIpc) is 2.62. The molecule has 92 valence electrons. The first-order valence-electron chi connectivity index (χ1n) is 5.60. The summed E-state index contributed by atoms with van der Waals surface area (Å²) >= 11 is 0. The van der Waals surface area contributed by atoms with Gasteiger partial charge in [-0.25, -0.2) is 4.31 Å². The standard InChI is InChI=1S/C13H12N2O2S/c16-18(17)14-12-8-4-5-9-13(12)15(18)10-11-6-2-1-3-7-11/h1-9,14H,10H2.